The maximum Gasteiger partial charge on any atom is 0.407 e. The maximum absolute atomic E-state index is 11.7. The summed E-state index contributed by atoms with van der Waals surface area (Å²) >= 11 is 0. The molecule has 5 heteroatoms. The van der Waals surface area contributed by atoms with Gasteiger partial charge in [0.25, 0.3) is 0 Å². The van der Waals surface area contributed by atoms with Crippen molar-refractivity contribution in [3.63, 3.8) is 0 Å². The van der Waals surface area contributed by atoms with Gasteiger partial charge in [-0.25, -0.2) is 4.79 Å². The number of alkyl carbamates (subject to hydrolysis) is 1. The number of carbonyl (C=O) groups excluding carboxylic acids is 1. The topological polar surface area (TPSA) is 76.4 Å². The molecular formula is C15H29N3O2. The molecule has 0 saturated heterocycles. The second-order valence-corrected chi connectivity index (χ2v) is 5.95. The lowest BCUT2D eigenvalue weighted by molar-refractivity contribution is 0.0498. The number of amides is 1. The number of hydrogen-bond acceptors (Lipinski definition) is 4. The Kier molecular flexibility index (Phi) is 8.28. The van der Waals surface area contributed by atoms with Crippen molar-refractivity contribution in [1.82, 2.24) is 10.6 Å². The van der Waals surface area contributed by atoms with Gasteiger partial charge in [0.15, 0.2) is 0 Å². The number of carbonyl (C=O) groups is 1. The van der Waals surface area contributed by atoms with E-state index in [-0.39, 0.29) is 18.1 Å². The number of terminal acetylenes is 1. The van der Waals surface area contributed by atoms with Gasteiger partial charge in [-0.15, -0.1) is 6.42 Å². The molecule has 0 bridgehead atoms. The number of nitrogens with two attached hydrogens (primary N) is 1. The minimum absolute atomic E-state index is 0.0311. The van der Waals surface area contributed by atoms with Crippen LogP contribution >= 0.6 is 0 Å². The van der Waals surface area contributed by atoms with Crippen LogP contribution in [0.25, 0.3) is 0 Å². The predicted octanol–water partition coefficient (Wildman–Crippen LogP) is 1.62. The van der Waals surface area contributed by atoms with E-state index in [0.717, 1.165) is 12.8 Å². The fraction of sp³-hybridized carbons (Fsp3) is 0.800. The molecule has 0 aromatic rings. The lowest BCUT2D eigenvalue weighted by Crippen LogP contribution is -2.55. The van der Waals surface area contributed by atoms with Crippen LogP contribution in [0.1, 0.15) is 47.5 Å². The van der Waals surface area contributed by atoms with Crippen LogP contribution in [0.15, 0.2) is 0 Å². The molecule has 0 heterocycles. The first-order valence-corrected chi connectivity index (χ1v) is 7.15. The first-order chi connectivity index (χ1) is 9.23. The van der Waals surface area contributed by atoms with Gasteiger partial charge in [0, 0.05) is 18.6 Å². The van der Waals surface area contributed by atoms with Gasteiger partial charge in [-0.1, -0.05) is 19.3 Å². The maximum atomic E-state index is 11.7. The minimum Gasteiger partial charge on any atom is -0.444 e. The smallest absolute Gasteiger partial charge is 0.407 e. The summed E-state index contributed by atoms with van der Waals surface area (Å²) in [5.41, 5.74) is 5.24. The summed E-state index contributed by atoms with van der Waals surface area (Å²) in [6.07, 6.45) is 6.91. The zero-order chi connectivity index (χ0) is 15.8. The van der Waals surface area contributed by atoms with Gasteiger partial charge < -0.3 is 15.8 Å². The Balaban J connectivity index is 4.44. The average molecular weight is 283 g/mol. The van der Waals surface area contributed by atoms with Crippen molar-refractivity contribution in [2.24, 2.45) is 5.73 Å². The predicted molar refractivity (Wildman–Crippen MR) is 82.3 cm³/mol. The molecule has 0 fully saturated rings. The van der Waals surface area contributed by atoms with E-state index in [4.69, 9.17) is 16.9 Å². The monoisotopic (exact) mass is 283 g/mol. The van der Waals surface area contributed by atoms with Gasteiger partial charge in [-0.2, -0.15) is 0 Å². The van der Waals surface area contributed by atoms with Gasteiger partial charge in [0.1, 0.15) is 5.60 Å². The van der Waals surface area contributed by atoms with Gasteiger partial charge in [0.05, 0.1) is 6.04 Å². The number of nitrogens with one attached hydrogen (secondary N) is 2. The molecule has 0 rings (SSSR count). The molecule has 0 saturated carbocycles. The first kappa shape index (κ1) is 18.8. The highest BCUT2D eigenvalue weighted by Gasteiger charge is 2.23. The molecule has 0 aliphatic carbocycles. The summed E-state index contributed by atoms with van der Waals surface area (Å²) in [6, 6.07) is -0.283. The number of ether oxygens (including phenoxy) is 1. The fourth-order valence-electron chi connectivity index (χ4n) is 1.77. The van der Waals surface area contributed by atoms with E-state index in [2.05, 4.69) is 23.5 Å². The van der Waals surface area contributed by atoms with Crippen LogP contribution in [0.4, 0.5) is 4.79 Å². The van der Waals surface area contributed by atoms with E-state index in [1.807, 2.05) is 27.7 Å². The Bertz CT molecular complexity index is 331. The lowest BCUT2D eigenvalue weighted by atomic mass is 10.1. The highest BCUT2D eigenvalue weighted by molar-refractivity contribution is 5.68. The largest absolute Gasteiger partial charge is 0.444 e. The Hall–Kier alpha value is -1.25. The molecule has 3 atom stereocenters. The summed E-state index contributed by atoms with van der Waals surface area (Å²) < 4.78 is 5.22. The van der Waals surface area contributed by atoms with Crippen LogP contribution in [0.3, 0.4) is 0 Å². The lowest BCUT2D eigenvalue weighted by Gasteiger charge is -2.28. The molecular weight excluding hydrogens is 254 g/mol. The highest BCUT2D eigenvalue weighted by Crippen LogP contribution is 2.07. The molecule has 1 amide bonds. The Morgan fingerprint density at radius 3 is 2.45 bits per heavy atom. The van der Waals surface area contributed by atoms with Gasteiger partial charge in [0.2, 0.25) is 0 Å². The van der Waals surface area contributed by atoms with Crippen molar-refractivity contribution >= 4 is 6.09 Å². The molecule has 0 aliphatic heterocycles. The van der Waals surface area contributed by atoms with Crippen molar-refractivity contribution in [1.29, 1.82) is 0 Å². The molecule has 0 aromatic heterocycles. The van der Waals surface area contributed by atoms with E-state index >= 15 is 0 Å². The zero-order valence-electron chi connectivity index (χ0n) is 13.3. The Morgan fingerprint density at radius 1 is 1.45 bits per heavy atom. The average Bonchev–Trinajstić information content (AvgIpc) is 2.31. The second-order valence-electron chi connectivity index (χ2n) is 5.95. The van der Waals surface area contributed by atoms with Crippen LogP contribution in [-0.2, 0) is 4.74 Å². The quantitative estimate of drug-likeness (QED) is 0.621. The standard InChI is InChI=1S/C15H29N3O2/c1-7-9-12(8-2)18-13(10-16)11(3)17-14(19)20-15(4,5)6/h2,11-13,18H,7,9-10,16H2,1,3-6H3,(H,17,19). The molecule has 0 aliphatic rings. The first-order valence-electron chi connectivity index (χ1n) is 7.15. The molecule has 0 aromatic carbocycles. The summed E-state index contributed by atoms with van der Waals surface area (Å²) in [6.45, 7) is 9.82. The van der Waals surface area contributed by atoms with Crippen LogP contribution in [0.2, 0.25) is 0 Å². The normalized spacial score (nSPS) is 15.8. The van der Waals surface area contributed by atoms with Crippen molar-refractivity contribution in [3.8, 4) is 12.3 Å². The van der Waals surface area contributed by atoms with Gasteiger partial charge in [-0.05, 0) is 34.1 Å². The molecule has 5 nitrogen and oxygen atoms in total. The molecule has 3 unspecified atom stereocenters. The SMILES string of the molecule is C#CC(CCC)NC(CN)C(C)NC(=O)OC(C)(C)C. The molecule has 0 spiro atoms. The number of rotatable bonds is 7. The van der Waals surface area contributed by atoms with Crippen molar-refractivity contribution in [2.45, 2.75) is 71.2 Å². The van der Waals surface area contributed by atoms with E-state index in [0.29, 0.717) is 6.54 Å². The van der Waals surface area contributed by atoms with E-state index in [1.165, 1.54) is 0 Å². The van der Waals surface area contributed by atoms with Gasteiger partial charge in [-0.3, -0.25) is 5.32 Å². The van der Waals surface area contributed by atoms with Crippen LogP contribution in [0.5, 0.6) is 0 Å². The third-order valence-corrected chi connectivity index (χ3v) is 2.80. The van der Waals surface area contributed by atoms with Crippen molar-refractivity contribution in [2.75, 3.05) is 6.54 Å². The van der Waals surface area contributed by atoms with E-state index < -0.39 is 11.7 Å². The second kappa shape index (κ2) is 8.83. The van der Waals surface area contributed by atoms with E-state index in [1.54, 1.807) is 0 Å². The summed E-state index contributed by atoms with van der Waals surface area (Å²) in [5.74, 6) is 2.70. The summed E-state index contributed by atoms with van der Waals surface area (Å²) in [4.78, 5) is 11.7. The van der Waals surface area contributed by atoms with Crippen molar-refractivity contribution < 1.29 is 9.53 Å². The van der Waals surface area contributed by atoms with Crippen LogP contribution < -0.4 is 16.4 Å². The zero-order valence-corrected chi connectivity index (χ0v) is 13.3. The fourth-order valence-corrected chi connectivity index (χ4v) is 1.77. The molecule has 4 N–H and O–H groups in total. The summed E-state index contributed by atoms with van der Waals surface area (Å²) in [7, 11) is 0. The van der Waals surface area contributed by atoms with Crippen LogP contribution in [0, 0.1) is 12.3 Å². The Labute approximate surface area is 123 Å². The minimum atomic E-state index is -0.515. The highest BCUT2D eigenvalue weighted by atomic mass is 16.6. The molecule has 0 radical (unpaired) electrons. The van der Waals surface area contributed by atoms with Crippen molar-refractivity contribution in [3.05, 3.63) is 0 Å². The van der Waals surface area contributed by atoms with Gasteiger partial charge >= 0.3 is 6.09 Å². The third kappa shape index (κ3) is 8.03. The van der Waals surface area contributed by atoms with Crippen LogP contribution in [-0.4, -0.2) is 36.4 Å². The number of hydrogen-bond donors (Lipinski definition) is 3. The molecule has 20 heavy (non-hydrogen) atoms. The summed E-state index contributed by atoms with van der Waals surface area (Å²) in [5, 5.41) is 6.08. The van der Waals surface area contributed by atoms with E-state index in [9.17, 15) is 4.79 Å². The Morgan fingerprint density at radius 2 is 2.05 bits per heavy atom. The molecule has 116 valence electrons. The third-order valence-electron chi connectivity index (χ3n) is 2.80.